The van der Waals surface area contributed by atoms with Crippen LogP contribution in [0.25, 0.3) is 4.91 Å². The van der Waals surface area contributed by atoms with E-state index >= 15 is 0 Å². The van der Waals surface area contributed by atoms with E-state index in [4.69, 9.17) is 0 Å². The summed E-state index contributed by atoms with van der Waals surface area (Å²) in [6, 6.07) is 10.5. The van der Waals surface area contributed by atoms with Gasteiger partial charge < -0.3 is 0 Å². The molecular weight excluding hydrogens is 164 g/mol. The number of allylic oxidation sites excluding steroid dienone is 1. The fourth-order valence-electron chi connectivity index (χ4n) is 1.09. The Balaban J connectivity index is 2.82. The molecule has 0 bridgehead atoms. The monoisotopic (exact) mass is 178 g/mol. The largest absolute Gasteiger partial charge is 0.126 e. The second-order valence-electron chi connectivity index (χ2n) is 2.45. The third-order valence-electron chi connectivity index (χ3n) is 1.62. The molecule has 1 aromatic rings. The Bertz CT molecular complexity index is 249. The second-order valence-corrected chi connectivity index (χ2v) is 3.76. The van der Waals surface area contributed by atoms with Crippen LogP contribution in [0.3, 0.4) is 0 Å². The van der Waals surface area contributed by atoms with E-state index in [0.29, 0.717) is 0 Å². The van der Waals surface area contributed by atoms with Gasteiger partial charge in [0.25, 0.3) is 0 Å². The molecule has 1 aromatic carbocycles. The van der Waals surface area contributed by atoms with E-state index in [0.717, 1.165) is 5.75 Å². The molecule has 12 heavy (non-hydrogen) atoms. The lowest BCUT2D eigenvalue weighted by Crippen LogP contribution is -1.78. The van der Waals surface area contributed by atoms with Gasteiger partial charge in [0.05, 0.1) is 0 Å². The summed E-state index contributed by atoms with van der Waals surface area (Å²) in [5.41, 5.74) is 1.33. The van der Waals surface area contributed by atoms with Crippen LogP contribution in [-0.2, 0) is 0 Å². The highest BCUT2D eigenvalue weighted by Crippen LogP contribution is 2.26. The van der Waals surface area contributed by atoms with Gasteiger partial charge in [-0.2, -0.15) is 0 Å². The Morgan fingerprint density at radius 2 is 2.00 bits per heavy atom. The normalized spacial score (nSPS) is 11.7. The molecule has 0 aliphatic heterocycles. The number of thioether (sulfide) groups is 1. The number of rotatable bonds is 3. The molecule has 0 aliphatic rings. The molecule has 0 heterocycles. The third kappa shape index (κ3) is 2.42. The van der Waals surface area contributed by atoms with Gasteiger partial charge in [-0.3, -0.25) is 0 Å². The van der Waals surface area contributed by atoms with Crippen molar-refractivity contribution in [3.05, 3.63) is 42.0 Å². The van der Waals surface area contributed by atoms with E-state index in [9.17, 15) is 0 Å². The molecule has 0 fully saturated rings. The summed E-state index contributed by atoms with van der Waals surface area (Å²) in [4.78, 5) is 1.37. The number of hydrogen-bond acceptors (Lipinski definition) is 1. The number of benzene rings is 1. The van der Waals surface area contributed by atoms with Gasteiger partial charge in [0, 0.05) is 4.91 Å². The lowest BCUT2D eigenvalue weighted by molar-refractivity contribution is 1.53. The summed E-state index contributed by atoms with van der Waals surface area (Å²) in [5.74, 6) is 1.13. The van der Waals surface area contributed by atoms with Crippen molar-refractivity contribution >= 4 is 16.7 Å². The van der Waals surface area contributed by atoms with Gasteiger partial charge >= 0.3 is 0 Å². The smallest absolute Gasteiger partial charge is 0.0102 e. The highest BCUT2D eigenvalue weighted by Gasteiger charge is 1.97. The second kappa shape index (κ2) is 5.04. The minimum Gasteiger partial charge on any atom is -0.126 e. The minimum absolute atomic E-state index is 1.13. The number of hydrogen-bond donors (Lipinski definition) is 0. The van der Waals surface area contributed by atoms with Crippen molar-refractivity contribution < 1.29 is 0 Å². The van der Waals surface area contributed by atoms with Gasteiger partial charge in [0.15, 0.2) is 0 Å². The van der Waals surface area contributed by atoms with E-state index in [1.807, 2.05) is 17.8 Å². The highest BCUT2D eigenvalue weighted by atomic mass is 32.2. The molecule has 0 aromatic heterocycles. The molecule has 0 N–H and O–H groups in total. The molecule has 1 heteroatoms. The van der Waals surface area contributed by atoms with Crippen molar-refractivity contribution in [1.29, 1.82) is 0 Å². The van der Waals surface area contributed by atoms with E-state index in [-0.39, 0.29) is 0 Å². The van der Waals surface area contributed by atoms with Gasteiger partial charge in [-0.15, -0.1) is 11.8 Å². The lowest BCUT2D eigenvalue weighted by Gasteiger charge is -2.03. The van der Waals surface area contributed by atoms with Crippen molar-refractivity contribution in [2.24, 2.45) is 0 Å². The van der Waals surface area contributed by atoms with Gasteiger partial charge in [0.2, 0.25) is 0 Å². The van der Waals surface area contributed by atoms with Crippen LogP contribution in [0, 0.1) is 0 Å². The molecule has 0 amide bonds. The molecule has 0 atom stereocenters. The van der Waals surface area contributed by atoms with E-state index in [1.165, 1.54) is 10.5 Å². The molecule has 1 rings (SSSR count). The summed E-state index contributed by atoms with van der Waals surface area (Å²) < 4.78 is 0. The van der Waals surface area contributed by atoms with Crippen LogP contribution >= 0.6 is 11.8 Å². The minimum atomic E-state index is 1.13. The Morgan fingerprint density at radius 3 is 2.50 bits per heavy atom. The Kier molecular flexibility index (Phi) is 3.95. The topological polar surface area (TPSA) is 0 Å². The van der Waals surface area contributed by atoms with E-state index < -0.39 is 0 Å². The van der Waals surface area contributed by atoms with Crippen molar-refractivity contribution in [2.75, 3.05) is 5.75 Å². The molecule has 0 radical (unpaired) electrons. The van der Waals surface area contributed by atoms with Crippen LogP contribution in [0.4, 0.5) is 0 Å². The predicted molar refractivity (Wildman–Crippen MR) is 58.2 cm³/mol. The lowest BCUT2D eigenvalue weighted by atomic mass is 10.2. The van der Waals surface area contributed by atoms with Crippen molar-refractivity contribution in [1.82, 2.24) is 0 Å². The first-order valence-corrected chi connectivity index (χ1v) is 5.21. The molecule has 0 spiro atoms. The fourth-order valence-corrected chi connectivity index (χ4v) is 1.87. The van der Waals surface area contributed by atoms with E-state index in [1.54, 1.807) is 0 Å². The van der Waals surface area contributed by atoms with Crippen molar-refractivity contribution in [2.45, 2.75) is 13.8 Å². The van der Waals surface area contributed by atoms with Gasteiger partial charge in [-0.25, -0.2) is 0 Å². The average molecular weight is 178 g/mol. The first kappa shape index (κ1) is 9.40. The first-order valence-electron chi connectivity index (χ1n) is 4.23. The summed E-state index contributed by atoms with van der Waals surface area (Å²) in [6.07, 6.45) is 2.17. The van der Waals surface area contributed by atoms with Crippen molar-refractivity contribution in [3.8, 4) is 0 Å². The maximum Gasteiger partial charge on any atom is 0.0102 e. The van der Waals surface area contributed by atoms with Crippen LogP contribution in [-0.4, -0.2) is 5.75 Å². The molecule has 64 valence electrons. The van der Waals surface area contributed by atoms with Gasteiger partial charge in [-0.1, -0.05) is 43.3 Å². The summed E-state index contributed by atoms with van der Waals surface area (Å²) in [6.45, 7) is 4.27. The maximum absolute atomic E-state index is 2.18. The first-order chi connectivity index (χ1) is 5.88. The van der Waals surface area contributed by atoms with Crippen LogP contribution in [0.5, 0.6) is 0 Å². The zero-order valence-electron chi connectivity index (χ0n) is 7.58. The molecule has 0 nitrogen and oxygen atoms in total. The van der Waals surface area contributed by atoms with Gasteiger partial charge in [-0.05, 0) is 18.2 Å². The Hall–Kier alpha value is -0.690. The standard InChI is InChI=1S/C11H14S/c1-3-11(12-4-2)10-8-6-5-7-9-10/h3,5-9H,4H2,1-2H3/b11-3+. The SMILES string of the molecule is C/C=C(/SCC)c1ccccc1. The van der Waals surface area contributed by atoms with E-state index in [2.05, 4.69) is 44.2 Å². The maximum atomic E-state index is 2.18. The Labute approximate surface area is 78.7 Å². The summed E-state index contributed by atoms with van der Waals surface area (Å²) >= 11 is 1.89. The summed E-state index contributed by atoms with van der Waals surface area (Å²) in [5, 5.41) is 0. The van der Waals surface area contributed by atoms with Crippen LogP contribution in [0.1, 0.15) is 19.4 Å². The molecule has 0 unspecified atom stereocenters. The fraction of sp³-hybridized carbons (Fsp3) is 0.273. The predicted octanol–water partition coefficient (Wildman–Crippen LogP) is 3.80. The average Bonchev–Trinajstić information content (AvgIpc) is 2.15. The van der Waals surface area contributed by atoms with Crippen LogP contribution in [0.2, 0.25) is 0 Å². The van der Waals surface area contributed by atoms with Crippen LogP contribution < -0.4 is 0 Å². The molecule has 0 aliphatic carbocycles. The van der Waals surface area contributed by atoms with Crippen LogP contribution in [0.15, 0.2) is 36.4 Å². The molecule has 0 saturated carbocycles. The Morgan fingerprint density at radius 1 is 1.33 bits per heavy atom. The summed E-state index contributed by atoms with van der Waals surface area (Å²) in [7, 11) is 0. The zero-order chi connectivity index (χ0) is 8.81. The quantitative estimate of drug-likeness (QED) is 0.678. The highest BCUT2D eigenvalue weighted by molar-refractivity contribution is 8.08. The zero-order valence-corrected chi connectivity index (χ0v) is 8.40. The van der Waals surface area contributed by atoms with Gasteiger partial charge in [0.1, 0.15) is 0 Å². The molecule has 0 saturated heterocycles. The van der Waals surface area contributed by atoms with Crippen molar-refractivity contribution in [3.63, 3.8) is 0 Å². The third-order valence-corrected chi connectivity index (χ3v) is 2.69. The molecular formula is C11H14S.